The van der Waals surface area contributed by atoms with Gasteiger partial charge in [0.25, 0.3) is 0 Å². The second kappa shape index (κ2) is 6.71. The minimum atomic E-state index is 0.429. The van der Waals surface area contributed by atoms with Gasteiger partial charge in [-0.15, -0.1) is 0 Å². The molecule has 20 heavy (non-hydrogen) atoms. The van der Waals surface area contributed by atoms with Gasteiger partial charge in [-0.1, -0.05) is 33.6 Å². The summed E-state index contributed by atoms with van der Waals surface area (Å²) in [5, 5.41) is 3.79. The number of nitrogens with one attached hydrogen (secondary N) is 1. The zero-order chi connectivity index (χ0) is 14.6. The maximum atomic E-state index is 4.39. The Hall–Kier alpha value is -0.890. The summed E-state index contributed by atoms with van der Waals surface area (Å²) in [6, 6.07) is 2.61. The van der Waals surface area contributed by atoms with Gasteiger partial charge in [-0.05, 0) is 61.3 Å². The van der Waals surface area contributed by atoms with E-state index < -0.39 is 0 Å². The molecule has 2 heteroatoms. The topological polar surface area (TPSA) is 24.9 Å². The molecule has 1 saturated carbocycles. The molecule has 2 nitrogen and oxygen atoms in total. The van der Waals surface area contributed by atoms with E-state index in [4.69, 9.17) is 0 Å². The first-order valence-electron chi connectivity index (χ1n) is 8.23. The molecule has 2 rings (SSSR count). The second-order valence-electron chi connectivity index (χ2n) is 6.89. The van der Waals surface area contributed by atoms with E-state index in [9.17, 15) is 0 Å². The summed E-state index contributed by atoms with van der Waals surface area (Å²) in [5.74, 6) is 0.756. The highest BCUT2D eigenvalue weighted by Crippen LogP contribution is 2.51. The molecule has 1 atom stereocenters. The Morgan fingerprint density at radius 2 is 2.00 bits per heavy atom. The Bertz CT molecular complexity index is 419. The third kappa shape index (κ3) is 3.22. The van der Waals surface area contributed by atoms with Crippen molar-refractivity contribution < 1.29 is 0 Å². The summed E-state index contributed by atoms with van der Waals surface area (Å²) in [4.78, 5) is 4.39. The molecule has 1 aliphatic rings. The van der Waals surface area contributed by atoms with Crippen molar-refractivity contribution in [2.75, 3.05) is 6.54 Å². The van der Waals surface area contributed by atoms with E-state index in [1.807, 2.05) is 6.20 Å². The van der Waals surface area contributed by atoms with E-state index in [1.165, 1.54) is 43.2 Å². The molecule has 112 valence electrons. The highest BCUT2D eigenvalue weighted by atomic mass is 14.9. The third-order valence-electron chi connectivity index (χ3n) is 4.83. The van der Waals surface area contributed by atoms with Gasteiger partial charge in [0.05, 0.1) is 0 Å². The van der Waals surface area contributed by atoms with E-state index in [0.717, 1.165) is 12.5 Å². The Labute approximate surface area is 124 Å². The van der Waals surface area contributed by atoms with Gasteiger partial charge in [0, 0.05) is 18.4 Å². The van der Waals surface area contributed by atoms with Crippen LogP contribution >= 0.6 is 0 Å². The second-order valence-corrected chi connectivity index (χ2v) is 6.89. The molecule has 0 saturated heterocycles. The van der Waals surface area contributed by atoms with Crippen molar-refractivity contribution in [2.24, 2.45) is 11.3 Å². The van der Waals surface area contributed by atoms with Crippen LogP contribution in [-0.4, -0.2) is 11.5 Å². The lowest BCUT2D eigenvalue weighted by atomic mass is 9.70. The maximum absolute atomic E-state index is 4.39. The predicted octanol–water partition coefficient (Wildman–Crippen LogP) is 4.65. The van der Waals surface area contributed by atoms with Crippen LogP contribution in [0.15, 0.2) is 18.5 Å². The number of aromatic nitrogens is 1. The van der Waals surface area contributed by atoms with Crippen LogP contribution in [0.5, 0.6) is 0 Å². The highest BCUT2D eigenvalue weighted by molar-refractivity contribution is 5.27. The fourth-order valence-corrected chi connectivity index (χ4v) is 4.14. The standard InChI is InChI=1S/C18H30N2/c1-5-20-17(16-13-19-11-8-15(16)4)18(12-14(2)3)9-6-7-10-18/h8,11,13-14,17,20H,5-7,9-10,12H2,1-4H3. The molecule has 1 unspecified atom stereocenters. The summed E-state index contributed by atoms with van der Waals surface area (Å²) < 4.78 is 0. The van der Waals surface area contributed by atoms with Gasteiger partial charge in [0.1, 0.15) is 0 Å². The van der Waals surface area contributed by atoms with Crippen molar-refractivity contribution >= 4 is 0 Å². The largest absolute Gasteiger partial charge is 0.310 e. The number of nitrogens with zero attached hydrogens (tertiary/aromatic N) is 1. The summed E-state index contributed by atoms with van der Waals surface area (Å²) in [7, 11) is 0. The molecule has 1 N–H and O–H groups in total. The normalized spacial score (nSPS) is 19.4. The molecule has 0 aliphatic heterocycles. The molecule has 1 aliphatic carbocycles. The number of hydrogen-bond acceptors (Lipinski definition) is 2. The van der Waals surface area contributed by atoms with Crippen molar-refractivity contribution in [1.82, 2.24) is 10.3 Å². The molecular formula is C18H30N2. The van der Waals surface area contributed by atoms with Crippen LogP contribution in [0.25, 0.3) is 0 Å². The lowest BCUT2D eigenvalue weighted by molar-refractivity contribution is 0.156. The number of rotatable bonds is 6. The Morgan fingerprint density at radius 1 is 1.30 bits per heavy atom. The SMILES string of the molecule is CCNC(c1cnccc1C)C1(CC(C)C)CCCC1. The average Bonchev–Trinajstić information content (AvgIpc) is 2.85. The minimum Gasteiger partial charge on any atom is -0.310 e. The van der Waals surface area contributed by atoms with Crippen molar-refractivity contribution in [1.29, 1.82) is 0 Å². The minimum absolute atomic E-state index is 0.429. The third-order valence-corrected chi connectivity index (χ3v) is 4.83. The number of hydrogen-bond donors (Lipinski definition) is 1. The van der Waals surface area contributed by atoms with Crippen LogP contribution in [-0.2, 0) is 0 Å². The molecule has 1 heterocycles. The number of aryl methyl sites for hydroxylation is 1. The van der Waals surface area contributed by atoms with Gasteiger partial charge in [-0.25, -0.2) is 0 Å². The summed E-state index contributed by atoms with van der Waals surface area (Å²) in [5.41, 5.74) is 3.22. The highest BCUT2D eigenvalue weighted by Gasteiger charge is 2.42. The van der Waals surface area contributed by atoms with Crippen molar-refractivity contribution in [2.45, 2.75) is 65.8 Å². The van der Waals surface area contributed by atoms with Crippen LogP contribution in [0.2, 0.25) is 0 Å². The van der Waals surface area contributed by atoms with Crippen molar-refractivity contribution in [3.8, 4) is 0 Å². The van der Waals surface area contributed by atoms with Gasteiger partial charge in [0.2, 0.25) is 0 Å². The van der Waals surface area contributed by atoms with Crippen LogP contribution in [0.1, 0.15) is 70.0 Å². The smallest absolute Gasteiger partial charge is 0.0395 e. The molecule has 1 aromatic rings. The lowest BCUT2D eigenvalue weighted by Crippen LogP contribution is -2.38. The molecule has 0 amide bonds. The molecular weight excluding hydrogens is 244 g/mol. The fraction of sp³-hybridized carbons (Fsp3) is 0.722. The van der Waals surface area contributed by atoms with Crippen molar-refractivity contribution in [3.63, 3.8) is 0 Å². The van der Waals surface area contributed by atoms with Gasteiger partial charge < -0.3 is 5.32 Å². The monoisotopic (exact) mass is 274 g/mol. The first-order chi connectivity index (χ1) is 9.59. The quantitative estimate of drug-likeness (QED) is 0.817. The van der Waals surface area contributed by atoms with Crippen LogP contribution in [0.4, 0.5) is 0 Å². The Morgan fingerprint density at radius 3 is 2.55 bits per heavy atom. The molecule has 0 spiro atoms. The zero-order valence-corrected chi connectivity index (χ0v) is 13.6. The van der Waals surface area contributed by atoms with E-state index in [-0.39, 0.29) is 0 Å². The maximum Gasteiger partial charge on any atom is 0.0395 e. The summed E-state index contributed by atoms with van der Waals surface area (Å²) in [6.07, 6.45) is 10.8. The van der Waals surface area contributed by atoms with Gasteiger partial charge in [-0.2, -0.15) is 0 Å². The summed E-state index contributed by atoms with van der Waals surface area (Å²) in [6.45, 7) is 10.2. The molecule has 1 fully saturated rings. The predicted molar refractivity (Wildman–Crippen MR) is 85.7 cm³/mol. The van der Waals surface area contributed by atoms with Gasteiger partial charge >= 0.3 is 0 Å². The molecule has 0 aromatic carbocycles. The average molecular weight is 274 g/mol. The van der Waals surface area contributed by atoms with E-state index >= 15 is 0 Å². The zero-order valence-electron chi connectivity index (χ0n) is 13.6. The van der Waals surface area contributed by atoms with E-state index in [0.29, 0.717) is 11.5 Å². The first kappa shape index (κ1) is 15.5. The van der Waals surface area contributed by atoms with Crippen LogP contribution in [0.3, 0.4) is 0 Å². The molecule has 0 radical (unpaired) electrons. The van der Waals surface area contributed by atoms with Crippen LogP contribution in [0, 0.1) is 18.3 Å². The van der Waals surface area contributed by atoms with Gasteiger partial charge in [-0.3, -0.25) is 4.98 Å². The van der Waals surface area contributed by atoms with Crippen molar-refractivity contribution in [3.05, 3.63) is 29.6 Å². The first-order valence-corrected chi connectivity index (χ1v) is 8.23. The molecule has 0 bridgehead atoms. The van der Waals surface area contributed by atoms with Crippen LogP contribution < -0.4 is 5.32 Å². The molecule has 1 aromatic heterocycles. The Kier molecular flexibility index (Phi) is 5.20. The fourth-order valence-electron chi connectivity index (χ4n) is 4.14. The Balaban J connectivity index is 2.37. The number of pyridine rings is 1. The van der Waals surface area contributed by atoms with E-state index in [2.05, 4.69) is 50.3 Å². The lowest BCUT2D eigenvalue weighted by Gasteiger charge is -2.40. The summed E-state index contributed by atoms with van der Waals surface area (Å²) >= 11 is 0. The van der Waals surface area contributed by atoms with Gasteiger partial charge in [0.15, 0.2) is 0 Å². The van der Waals surface area contributed by atoms with E-state index in [1.54, 1.807) is 0 Å².